The van der Waals surface area contributed by atoms with E-state index in [0.717, 1.165) is 11.3 Å². The molecule has 0 atom stereocenters. The molecular formula is C27H27N. The molecule has 4 rings (SSSR count). The molecule has 0 saturated heterocycles. The third-order valence-electron chi connectivity index (χ3n) is 5.41. The molecule has 1 nitrogen and oxygen atoms in total. The number of para-hydroxylation sites is 1. The maximum Gasteiger partial charge on any atom is 0.0699 e. The minimum atomic E-state index is 0.453. The Morgan fingerprint density at radius 1 is 0.607 bits per heavy atom. The van der Waals surface area contributed by atoms with Crippen molar-refractivity contribution in [3.63, 3.8) is 0 Å². The Labute approximate surface area is 167 Å². The SMILES string of the molecule is CC(C)c1cccc(C(C)C)c1/N=C/c1ccc2cc3ccccc3cc2c1. The van der Waals surface area contributed by atoms with Gasteiger partial charge in [0.05, 0.1) is 5.69 Å². The van der Waals surface area contributed by atoms with E-state index >= 15 is 0 Å². The van der Waals surface area contributed by atoms with Gasteiger partial charge in [0.2, 0.25) is 0 Å². The van der Waals surface area contributed by atoms with Gasteiger partial charge in [-0.1, -0.05) is 82.3 Å². The average molecular weight is 366 g/mol. The van der Waals surface area contributed by atoms with Crippen molar-refractivity contribution >= 4 is 33.4 Å². The smallest absolute Gasteiger partial charge is 0.0699 e. The monoisotopic (exact) mass is 365 g/mol. The van der Waals surface area contributed by atoms with E-state index < -0.39 is 0 Å². The lowest BCUT2D eigenvalue weighted by Crippen LogP contribution is -1.95. The summed E-state index contributed by atoms with van der Waals surface area (Å²) in [6.07, 6.45) is 2.02. The number of hydrogen-bond donors (Lipinski definition) is 0. The molecule has 4 aromatic carbocycles. The summed E-state index contributed by atoms with van der Waals surface area (Å²) < 4.78 is 0. The predicted molar refractivity (Wildman–Crippen MR) is 123 cm³/mol. The summed E-state index contributed by atoms with van der Waals surface area (Å²) in [5.74, 6) is 0.905. The Hall–Kier alpha value is -2.93. The minimum Gasteiger partial charge on any atom is -0.256 e. The molecule has 140 valence electrons. The number of fused-ring (bicyclic) bond motifs is 2. The largest absolute Gasteiger partial charge is 0.256 e. The first-order valence-corrected chi connectivity index (χ1v) is 10.1. The van der Waals surface area contributed by atoms with E-state index in [-0.39, 0.29) is 0 Å². The van der Waals surface area contributed by atoms with Crippen LogP contribution in [0.2, 0.25) is 0 Å². The molecule has 0 spiro atoms. The van der Waals surface area contributed by atoms with Gasteiger partial charge in [-0.2, -0.15) is 0 Å². The van der Waals surface area contributed by atoms with Crippen LogP contribution in [0.5, 0.6) is 0 Å². The normalized spacial score (nSPS) is 12.1. The molecule has 0 N–H and O–H groups in total. The summed E-state index contributed by atoms with van der Waals surface area (Å²) in [7, 11) is 0. The molecule has 0 radical (unpaired) electrons. The Morgan fingerprint density at radius 3 is 1.79 bits per heavy atom. The maximum atomic E-state index is 4.96. The summed E-state index contributed by atoms with van der Waals surface area (Å²) in [6, 6.07) is 26.2. The molecule has 0 aliphatic rings. The molecule has 0 amide bonds. The van der Waals surface area contributed by atoms with Crippen molar-refractivity contribution in [3.8, 4) is 0 Å². The maximum absolute atomic E-state index is 4.96. The topological polar surface area (TPSA) is 12.4 Å². The number of benzene rings is 4. The van der Waals surface area contributed by atoms with E-state index in [4.69, 9.17) is 4.99 Å². The number of aliphatic imine (C=N–C) groups is 1. The lowest BCUT2D eigenvalue weighted by atomic mass is 9.93. The standard InChI is InChI=1S/C27H27N/c1-18(2)25-10-7-11-26(19(3)4)27(25)28-17-20-12-13-23-15-21-8-5-6-9-22(21)16-24(23)14-20/h5-19H,1-4H3/b28-17+. The quantitative estimate of drug-likeness (QED) is 0.257. The van der Waals surface area contributed by atoms with E-state index in [0.29, 0.717) is 11.8 Å². The number of nitrogens with zero attached hydrogens (tertiary/aromatic N) is 1. The summed E-state index contributed by atoms with van der Waals surface area (Å²) in [4.78, 5) is 4.96. The Bertz CT molecular complexity index is 1140. The van der Waals surface area contributed by atoms with Gasteiger partial charge in [-0.15, -0.1) is 0 Å². The molecule has 1 heteroatoms. The van der Waals surface area contributed by atoms with Gasteiger partial charge < -0.3 is 0 Å². The number of hydrogen-bond acceptors (Lipinski definition) is 1. The second-order valence-electron chi connectivity index (χ2n) is 8.16. The first-order chi connectivity index (χ1) is 13.5. The zero-order chi connectivity index (χ0) is 19.7. The summed E-state index contributed by atoms with van der Waals surface area (Å²) >= 11 is 0. The predicted octanol–water partition coefficient (Wildman–Crippen LogP) is 7.99. The van der Waals surface area contributed by atoms with Crippen LogP contribution in [0.25, 0.3) is 21.5 Å². The Morgan fingerprint density at radius 2 is 1.18 bits per heavy atom. The van der Waals surface area contributed by atoms with E-state index in [1.807, 2.05) is 6.21 Å². The van der Waals surface area contributed by atoms with Crippen molar-refractivity contribution in [3.05, 3.63) is 89.5 Å². The van der Waals surface area contributed by atoms with Crippen molar-refractivity contribution in [1.82, 2.24) is 0 Å². The van der Waals surface area contributed by atoms with Gasteiger partial charge in [0.15, 0.2) is 0 Å². The fourth-order valence-electron chi connectivity index (χ4n) is 3.84. The fraction of sp³-hybridized carbons (Fsp3) is 0.222. The van der Waals surface area contributed by atoms with Crippen LogP contribution in [0.4, 0.5) is 5.69 Å². The average Bonchev–Trinajstić information content (AvgIpc) is 2.70. The van der Waals surface area contributed by atoms with E-state index in [1.54, 1.807) is 0 Å². The molecule has 0 aromatic heterocycles. The summed E-state index contributed by atoms with van der Waals surface area (Å²) in [5, 5.41) is 5.07. The molecule has 0 bridgehead atoms. The van der Waals surface area contributed by atoms with Gasteiger partial charge in [0.25, 0.3) is 0 Å². The second-order valence-corrected chi connectivity index (χ2v) is 8.16. The number of rotatable bonds is 4. The molecule has 0 heterocycles. The Balaban J connectivity index is 1.77. The first kappa shape index (κ1) is 18.4. The van der Waals surface area contributed by atoms with Crippen molar-refractivity contribution in [2.24, 2.45) is 4.99 Å². The Kier molecular flexibility index (Phi) is 5.00. The molecule has 4 aromatic rings. The highest BCUT2D eigenvalue weighted by molar-refractivity contribution is 6.00. The highest BCUT2D eigenvalue weighted by Crippen LogP contribution is 2.34. The van der Waals surface area contributed by atoms with Crippen molar-refractivity contribution in [2.45, 2.75) is 39.5 Å². The van der Waals surface area contributed by atoms with Crippen LogP contribution in [0.1, 0.15) is 56.2 Å². The lowest BCUT2D eigenvalue weighted by molar-refractivity contribution is 0.835. The third-order valence-corrected chi connectivity index (χ3v) is 5.41. The van der Waals surface area contributed by atoms with Gasteiger partial charge in [0.1, 0.15) is 0 Å². The second kappa shape index (κ2) is 7.59. The van der Waals surface area contributed by atoms with Gasteiger partial charge in [-0.25, -0.2) is 0 Å². The highest BCUT2D eigenvalue weighted by Gasteiger charge is 2.12. The minimum absolute atomic E-state index is 0.453. The van der Waals surface area contributed by atoms with Crippen LogP contribution in [-0.4, -0.2) is 6.21 Å². The van der Waals surface area contributed by atoms with Crippen LogP contribution in [0.15, 0.2) is 77.8 Å². The van der Waals surface area contributed by atoms with E-state index in [2.05, 4.69) is 100 Å². The van der Waals surface area contributed by atoms with Gasteiger partial charge in [0, 0.05) is 6.21 Å². The van der Waals surface area contributed by atoms with Crippen molar-refractivity contribution in [2.75, 3.05) is 0 Å². The van der Waals surface area contributed by atoms with Crippen molar-refractivity contribution in [1.29, 1.82) is 0 Å². The molecule has 0 aliphatic carbocycles. The van der Waals surface area contributed by atoms with Gasteiger partial charge >= 0.3 is 0 Å². The molecule has 28 heavy (non-hydrogen) atoms. The molecule has 0 fully saturated rings. The van der Waals surface area contributed by atoms with Crippen LogP contribution in [0, 0.1) is 0 Å². The van der Waals surface area contributed by atoms with Crippen molar-refractivity contribution < 1.29 is 0 Å². The third kappa shape index (κ3) is 3.57. The van der Waals surface area contributed by atoms with Gasteiger partial charge in [-0.05, 0) is 68.3 Å². The fourth-order valence-corrected chi connectivity index (χ4v) is 3.84. The van der Waals surface area contributed by atoms with Crippen LogP contribution < -0.4 is 0 Å². The lowest BCUT2D eigenvalue weighted by Gasteiger charge is -2.16. The van der Waals surface area contributed by atoms with E-state index in [9.17, 15) is 0 Å². The molecule has 0 unspecified atom stereocenters. The zero-order valence-corrected chi connectivity index (χ0v) is 17.1. The zero-order valence-electron chi connectivity index (χ0n) is 17.1. The molecular weight excluding hydrogens is 338 g/mol. The first-order valence-electron chi connectivity index (χ1n) is 10.1. The molecule has 0 aliphatic heterocycles. The van der Waals surface area contributed by atoms with Crippen LogP contribution in [-0.2, 0) is 0 Å². The van der Waals surface area contributed by atoms with Crippen LogP contribution in [0.3, 0.4) is 0 Å². The summed E-state index contributed by atoms with van der Waals surface area (Å²) in [5.41, 5.74) is 4.89. The van der Waals surface area contributed by atoms with Crippen LogP contribution >= 0.6 is 0 Å². The molecule has 0 saturated carbocycles. The van der Waals surface area contributed by atoms with Gasteiger partial charge in [-0.3, -0.25) is 4.99 Å². The van der Waals surface area contributed by atoms with E-state index in [1.165, 1.54) is 32.7 Å². The summed E-state index contributed by atoms with van der Waals surface area (Å²) in [6.45, 7) is 8.94. The highest BCUT2D eigenvalue weighted by atomic mass is 14.7.